The maximum atomic E-state index is 10.0. The molecule has 0 aliphatic heterocycles. The number of benzene rings is 1. The summed E-state index contributed by atoms with van der Waals surface area (Å²) in [4.78, 5) is 0. The van der Waals surface area contributed by atoms with E-state index in [4.69, 9.17) is 23.2 Å². The number of hydrogen-bond donors (Lipinski definition) is 1. The molecule has 90 valence electrons. The minimum atomic E-state index is -0.625. The molecule has 0 bridgehead atoms. The quantitative estimate of drug-likeness (QED) is 0.931. The molecule has 0 aliphatic carbocycles. The first kappa shape index (κ1) is 12.4. The fraction of sp³-hybridized carbons (Fsp3) is 0.250. The lowest BCUT2D eigenvalue weighted by Gasteiger charge is -2.10. The number of aliphatic hydroxyl groups excluding tert-OH is 1. The minimum absolute atomic E-state index is 0.422. The lowest BCUT2D eigenvalue weighted by atomic mass is 10.0. The number of nitrogens with zero attached hydrogens (tertiary/aromatic N) is 2. The van der Waals surface area contributed by atoms with Crippen molar-refractivity contribution in [2.24, 2.45) is 7.05 Å². The van der Waals surface area contributed by atoms with Gasteiger partial charge >= 0.3 is 0 Å². The Kier molecular flexibility index (Phi) is 3.72. The molecule has 2 rings (SSSR count). The van der Waals surface area contributed by atoms with E-state index in [1.165, 1.54) is 0 Å². The maximum Gasteiger partial charge on any atom is 0.0861 e. The van der Waals surface area contributed by atoms with Gasteiger partial charge in [-0.25, -0.2) is 0 Å². The summed E-state index contributed by atoms with van der Waals surface area (Å²) in [6.07, 6.45) is 3.22. The van der Waals surface area contributed by atoms with Gasteiger partial charge in [0.15, 0.2) is 0 Å². The molecule has 5 heteroatoms. The molecule has 17 heavy (non-hydrogen) atoms. The summed E-state index contributed by atoms with van der Waals surface area (Å²) in [5.74, 6) is 0. The van der Waals surface area contributed by atoms with E-state index in [0.29, 0.717) is 16.5 Å². The molecule has 1 N–H and O–H groups in total. The van der Waals surface area contributed by atoms with Gasteiger partial charge in [-0.15, -0.1) is 0 Å². The highest BCUT2D eigenvalue weighted by Crippen LogP contribution is 2.29. The van der Waals surface area contributed by atoms with E-state index in [0.717, 1.165) is 11.1 Å². The van der Waals surface area contributed by atoms with Crippen molar-refractivity contribution in [2.45, 2.75) is 12.5 Å². The number of halogens is 2. The third-order valence-electron chi connectivity index (χ3n) is 2.55. The molecule has 0 aliphatic rings. The second-order valence-electron chi connectivity index (χ2n) is 3.88. The van der Waals surface area contributed by atoms with Gasteiger partial charge in [-0.05, 0) is 11.6 Å². The Morgan fingerprint density at radius 1 is 1.41 bits per heavy atom. The molecule has 1 heterocycles. The van der Waals surface area contributed by atoms with Crippen molar-refractivity contribution in [1.82, 2.24) is 9.78 Å². The highest BCUT2D eigenvalue weighted by atomic mass is 35.5. The molecule has 0 spiro atoms. The van der Waals surface area contributed by atoms with Gasteiger partial charge in [-0.2, -0.15) is 5.10 Å². The van der Waals surface area contributed by atoms with Crippen LogP contribution < -0.4 is 0 Å². The van der Waals surface area contributed by atoms with Crippen molar-refractivity contribution in [3.63, 3.8) is 0 Å². The summed E-state index contributed by atoms with van der Waals surface area (Å²) in [6.45, 7) is 0. The second-order valence-corrected chi connectivity index (χ2v) is 4.67. The van der Waals surface area contributed by atoms with Gasteiger partial charge in [0.2, 0.25) is 0 Å². The maximum absolute atomic E-state index is 10.0. The molecule has 0 amide bonds. The Bertz CT molecular complexity index is 525. The van der Waals surface area contributed by atoms with Crippen LogP contribution in [0.3, 0.4) is 0 Å². The van der Waals surface area contributed by atoms with E-state index >= 15 is 0 Å². The molecule has 1 atom stereocenters. The van der Waals surface area contributed by atoms with Crippen LogP contribution in [0, 0.1) is 0 Å². The number of aliphatic hydroxyl groups is 1. The molecular weight excluding hydrogens is 259 g/mol. The lowest BCUT2D eigenvalue weighted by molar-refractivity contribution is 0.178. The predicted octanol–water partition coefficient (Wildman–Crippen LogP) is 3.00. The molecule has 2 aromatic rings. The summed E-state index contributed by atoms with van der Waals surface area (Å²) >= 11 is 12.0. The zero-order valence-corrected chi connectivity index (χ0v) is 10.8. The third kappa shape index (κ3) is 2.80. The molecular formula is C12H12Cl2N2O. The highest BCUT2D eigenvalue weighted by molar-refractivity contribution is 6.42. The van der Waals surface area contributed by atoms with Gasteiger partial charge in [0.1, 0.15) is 0 Å². The van der Waals surface area contributed by atoms with E-state index in [9.17, 15) is 5.11 Å². The molecule has 1 aromatic heterocycles. The van der Waals surface area contributed by atoms with Gasteiger partial charge in [-0.3, -0.25) is 4.68 Å². The monoisotopic (exact) mass is 270 g/mol. The van der Waals surface area contributed by atoms with E-state index in [2.05, 4.69) is 5.10 Å². The number of hydrogen-bond acceptors (Lipinski definition) is 2. The summed E-state index contributed by atoms with van der Waals surface area (Å²) in [6, 6.07) is 5.40. The Labute approximate surface area is 110 Å². The van der Waals surface area contributed by atoms with Gasteiger partial charge in [0, 0.05) is 25.2 Å². The van der Waals surface area contributed by atoms with Crippen LogP contribution in [0.2, 0.25) is 10.0 Å². The van der Waals surface area contributed by atoms with E-state index in [-0.39, 0.29) is 0 Å². The molecule has 0 saturated carbocycles. The Morgan fingerprint density at radius 2 is 2.18 bits per heavy atom. The standard InChI is InChI=1S/C12H12Cl2N2O/c1-16-7-9(6-15-16)11(17)5-8-3-2-4-10(13)12(8)14/h2-4,6-7,11,17H,5H2,1H3. The molecule has 3 nitrogen and oxygen atoms in total. The van der Waals surface area contributed by atoms with Crippen LogP contribution in [0.4, 0.5) is 0 Å². The normalized spacial score (nSPS) is 12.7. The van der Waals surface area contributed by atoms with Crippen molar-refractivity contribution in [1.29, 1.82) is 0 Å². The minimum Gasteiger partial charge on any atom is -0.388 e. The van der Waals surface area contributed by atoms with Crippen LogP contribution in [-0.2, 0) is 13.5 Å². The van der Waals surface area contributed by atoms with Crippen molar-refractivity contribution >= 4 is 23.2 Å². The summed E-state index contributed by atoms with van der Waals surface area (Å²) in [7, 11) is 1.81. The van der Waals surface area contributed by atoms with Crippen molar-refractivity contribution in [2.75, 3.05) is 0 Å². The first-order valence-electron chi connectivity index (χ1n) is 5.17. The first-order chi connectivity index (χ1) is 8.08. The van der Waals surface area contributed by atoms with Crippen LogP contribution in [0.5, 0.6) is 0 Å². The second kappa shape index (κ2) is 5.08. The van der Waals surface area contributed by atoms with Crippen molar-refractivity contribution in [3.8, 4) is 0 Å². The molecule has 1 aromatic carbocycles. The van der Waals surface area contributed by atoms with E-state index < -0.39 is 6.10 Å². The SMILES string of the molecule is Cn1cc(C(O)Cc2cccc(Cl)c2Cl)cn1. The van der Waals surface area contributed by atoms with Gasteiger partial charge < -0.3 is 5.11 Å². The van der Waals surface area contributed by atoms with Gasteiger partial charge in [0.05, 0.1) is 22.3 Å². The van der Waals surface area contributed by atoms with E-state index in [1.54, 1.807) is 23.1 Å². The lowest BCUT2D eigenvalue weighted by Crippen LogP contribution is -2.01. The largest absolute Gasteiger partial charge is 0.388 e. The first-order valence-corrected chi connectivity index (χ1v) is 5.93. The Morgan fingerprint density at radius 3 is 2.82 bits per heavy atom. The third-order valence-corrected chi connectivity index (χ3v) is 3.41. The number of aryl methyl sites for hydroxylation is 1. The van der Waals surface area contributed by atoms with Crippen LogP contribution in [0.1, 0.15) is 17.2 Å². The predicted molar refractivity (Wildman–Crippen MR) is 68.3 cm³/mol. The fourth-order valence-corrected chi connectivity index (χ4v) is 2.04. The fourth-order valence-electron chi connectivity index (χ4n) is 1.64. The van der Waals surface area contributed by atoms with E-state index in [1.807, 2.05) is 19.2 Å². The van der Waals surface area contributed by atoms with Crippen LogP contribution in [0.25, 0.3) is 0 Å². The van der Waals surface area contributed by atoms with Crippen molar-refractivity contribution < 1.29 is 5.11 Å². The Balaban J connectivity index is 2.18. The summed E-state index contributed by atoms with van der Waals surface area (Å²) in [5.41, 5.74) is 1.60. The topological polar surface area (TPSA) is 38.0 Å². The van der Waals surface area contributed by atoms with Crippen LogP contribution in [-0.4, -0.2) is 14.9 Å². The van der Waals surface area contributed by atoms with Crippen LogP contribution in [0.15, 0.2) is 30.6 Å². The Hall–Kier alpha value is -1.03. The molecule has 1 unspecified atom stereocenters. The molecule has 0 radical (unpaired) electrons. The molecule has 0 saturated heterocycles. The van der Waals surface area contributed by atoms with Crippen LogP contribution >= 0.6 is 23.2 Å². The van der Waals surface area contributed by atoms with Gasteiger partial charge in [0.25, 0.3) is 0 Å². The summed E-state index contributed by atoms with van der Waals surface area (Å²) < 4.78 is 1.65. The molecule has 0 fully saturated rings. The number of rotatable bonds is 3. The van der Waals surface area contributed by atoms with Gasteiger partial charge in [-0.1, -0.05) is 35.3 Å². The average molecular weight is 271 g/mol. The summed E-state index contributed by atoms with van der Waals surface area (Å²) in [5, 5.41) is 15.1. The highest BCUT2D eigenvalue weighted by Gasteiger charge is 2.13. The number of aromatic nitrogens is 2. The van der Waals surface area contributed by atoms with Crippen molar-refractivity contribution in [3.05, 3.63) is 51.8 Å². The zero-order valence-electron chi connectivity index (χ0n) is 9.27. The average Bonchev–Trinajstić information content (AvgIpc) is 2.72. The smallest absolute Gasteiger partial charge is 0.0861 e. The zero-order chi connectivity index (χ0) is 12.4.